The summed E-state index contributed by atoms with van der Waals surface area (Å²) in [6.45, 7) is 1.11. The molecule has 2 N–H and O–H groups in total. The molecule has 0 aliphatic carbocycles. The van der Waals surface area contributed by atoms with Gasteiger partial charge in [-0.2, -0.15) is 5.10 Å². The van der Waals surface area contributed by atoms with Gasteiger partial charge in [0.05, 0.1) is 41.9 Å². The molecule has 1 saturated heterocycles. The van der Waals surface area contributed by atoms with E-state index in [2.05, 4.69) is 47.3 Å². The fraction of sp³-hybridized carbons (Fsp3) is 0.207. The van der Waals surface area contributed by atoms with Crippen molar-refractivity contribution >= 4 is 33.7 Å². The molecular weight excluding hydrogens is 498 g/mol. The molecule has 5 aromatic heterocycles. The Labute approximate surface area is 222 Å². The summed E-state index contributed by atoms with van der Waals surface area (Å²) >= 11 is 0. The zero-order valence-corrected chi connectivity index (χ0v) is 20.9. The van der Waals surface area contributed by atoms with Gasteiger partial charge in [-0.1, -0.05) is 12.1 Å². The molecule has 0 bridgehead atoms. The van der Waals surface area contributed by atoms with E-state index in [1.165, 1.54) is 0 Å². The van der Waals surface area contributed by atoms with Crippen molar-refractivity contribution in [1.29, 1.82) is 0 Å². The van der Waals surface area contributed by atoms with Crippen LogP contribution in [-0.2, 0) is 0 Å². The summed E-state index contributed by atoms with van der Waals surface area (Å²) in [5, 5.41) is 9.44. The molecule has 5 aromatic rings. The van der Waals surface area contributed by atoms with E-state index in [0.717, 1.165) is 55.6 Å². The van der Waals surface area contributed by atoms with Gasteiger partial charge in [0.2, 0.25) is 0 Å². The third-order valence-corrected chi connectivity index (χ3v) is 7.17. The number of halogens is 2. The van der Waals surface area contributed by atoms with Crippen LogP contribution >= 0.6 is 0 Å². The minimum atomic E-state index is -2.62. The Morgan fingerprint density at radius 1 is 1.05 bits per heavy atom. The van der Waals surface area contributed by atoms with Crippen LogP contribution in [0.25, 0.3) is 50.2 Å². The SMILES string of the molecule is FC1(F)CCN(CC2=CC(c3cnc4n[nH]c(-c5cc6c(-c7ccccn7)cncc6[nH]5)c4c3)=CCN=C2)C1. The molecule has 0 unspecified atom stereocenters. The van der Waals surface area contributed by atoms with Crippen LogP contribution < -0.4 is 0 Å². The molecule has 7 heterocycles. The monoisotopic (exact) mass is 522 g/mol. The van der Waals surface area contributed by atoms with Gasteiger partial charge in [-0.15, -0.1) is 0 Å². The summed E-state index contributed by atoms with van der Waals surface area (Å²) in [4.78, 5) is 23.2. The number of hydrogen-bond acceptors (Lipinski definition) is 6. The third kappa shape index (κ3) is 4.52. The van der Waals surface area contributed by atoms with Crippen molar-refractivity contribution in [3.8, 4) is 22.6 Å². The highest BCUT2D eigenvalue weighted by atomic mass is 19.3. The number of nitrogens with one attached hydrogen (secondary N) is 2. The Hall–Kier alpha value is -4.57. The summed E-state index contributed by atoms with van der Waals surface area (Å²) in [6, 6.07) is 9.94. The molecule has 0 spiro atoms. The number of H-pyrrole nitrogens is 2. The maximum Gasteiger partial charge on any atom is 0.261 e. The van der Waals surface area contributed by atoms with Gasteiger partial charge in [0.1, 0.15) is 0 Å². The molecule has 2 aliphatic rings. The quantitative estimate of drug-likeness (QED) is 0.327. The summed E-state index contributed by atoms with van der Waals surface area (Å²) in [5.41, 5.74) is 7.72. The molecule has 2 aliphatic heterocycles. The Morgan fingerprint density at radius 2 is 2.00 bits per heavy atom. The summed E-state index contributed by atoms with van der Waals surface area (Å²) in [5.74, 6) is -2.62. The van der Waals surface area contributed by atoms with Gasteiger partial charge in [0.15, 0.2) is 5.65 Å². The molecule has 10 heteroatoms. The Kier molecular flexibility index (Phi) is 5.62. The number of hydrogen-bond donors (Lipinski definition) is 2. The minimum absolute atomic E-state index is 0.100. The molecule has 8 nitrogen and oxygen atoms in total. The number of allylic oxidation sites excluding steroid dienone is 2. The first-order chi connectivity index (χ1) is 19.0. The Balaban J connectivity index is 1.24. The number of aromatic nitrogens is 6. The van der Waals surface area contributed by atoms with E-state index in [1.54, 1.807) is 29.7 Å². The number of nitrogens with zero attached hydrogens (tertiary/aromatic N) is 6. The van der Waals surface area contributed by atoms with E-state index in [4.69, 9.17) is 0 Å². The molecule has 0 saturated carbocycles. The van der Waals surface area contributed by atoms with E-state index < -0.39 is 5.92 Å². The van der Waals surface area contributed by atoms with Crippen LogP contribution in [0.4, 0.5) is 8.78 Å². The molecule has 0 aromatic carbocycles. The number of alkyl halides is 2. The highest BCUT2D eigenvalue weighted by molar-refractivity contribution is 6.00. The predicted molar refractivity (Wildman–Crippen MR) is 148 cm³/mol. The number of fused-ring (bicyclic) bond motifs is 2. The summed E-state index contributed by atoms with van der Waals surface area (Å²) < 4.78 is 27.4. The lowest BCUT2D eigenvalue weighted by Crippen LogP contribution is -2.27. The second-order valence-corrected chi connectivity index (χ2v) is 9.93. The fourth-order valence-electron chi connectivity index (χ4n) is 5.28. The Morgan fingerprint density at radius 3 is 2.85 bits per heavy atom. The van der Waals surface area contributed by atoms with Crippen molar-refractivity contribution in [1.82, 2.24) is 35.0 Å². The second-order valence-electron chi connectivity index (χ2n) is 9.93. The third-order valence-electron chi connectivity index (χ3n) is 7.17. The molecule has 194 valence electrons. The molecule has 39 heavy (non-hydrogen) atoms. The van der Waals surface area contributed by atoms with E-state index in [1.807, 2.05) is 36.5 Å². The predicted octanol–water partition coefficient (Wildman–Crippen LogP) is 5.30. The smallest absolute Gasteiger partial charge is 0.261 e. The van der Waals surface area contributed by atoms with Crippen molar-refractivity contribution in [3.63, 3.8) is 0 Å². The first-order valence-corrected chi connectivity index (χ1v) is 12.8. The first kappa shape index (κ1) is 23.5. The number of rotatable bonds is 5. The number of likely N-dealkylation sites (tertiary alicyclic amines) is 1. The Bertz CT molecular complexity index is 1780. The summed E-state index contributed by atoms with van der Waals surface area (Å²) in [7, 11) is 0. The first-order valence-electron chi connectivity index (χ1n) is 12.8. The normalized spacial score (nSPS) is 17.5. The number of pyridine rings is 3. The lowest BCUT2D eigenvalue weighted by atomic mass is 10.0. The number of aliphatic imine (C=N–C) groups is 1. The molecule has 1 fully saturated rings. The zero-order chi connectivity index (χ0) is 26.4. The van der Waals surface area contributed by atoms with E-state index in [9.17, 15) is 8.78 Å². The van der Waals surface area contributed by atoms with Crippen molar-refractivity contribution in [2.45, 2.75) is 12.3 Å². The van der Waals surface area contributed by atoms with Gasteiger partial charge >= 0.3 is 0 Å². The lowest BCUT2D eigenvalue weighted by molar-refractivity contribution is 0.0132. The molecule has 0 atom stereocenters. The van der Waals surface area contributed by atoms with Crippen LogP contribution in [0.5, 0.6) is 0 Å². The average Bonchev–Trinajstić information content (AvgIpc) is 3.60. The van der Waals surface area contributed by atoms with Crippen LogP contribution in [0, 0.1) is 0 Å². The highest BCUT2D eigenvalue weighted by Crippen LogP contribution is 2.34. The van der Waals surface area contributed by atoms with Crippen LogP contribution in [0.3, 0.4) is 0 Å². The zero-order valence-electron chi connectivity index (χ0n) is 20.9. The lowest BCUT2D eigenvalue weighted by Gasteiger charge is -2.16. The van der Waals surface area contributed by atoms with Crippen molar-refractivity contribution in [3.05, 3.63) is 78.4 Å². The minimum Gasteiger partial charge on any atom is -0.352 e. The second kappa shape index (κ2) is 9.32. The van der Waals surface area contributed by atoms with E-state index >= 15 is 0 Å². The van der Waals surface area contributed by atoms with Crippen molar-refractivity contribution in [2.75, 3.05) is 26.2 Å². The maximum absolute atomic E-state index is 13.7. The number of aromatic amines is 2. The molecule has 0 radical (unpaired) electrons. The topological polar surface area (TPSA) is 98.7 Å². The van der Waals surface area contributed by atoms with Gasteiger partial charge in [-0.3, -0.25) is 25.0 Å². The van der Waals surface area contributed by atoms with Crippen LogP contribution in [0.15, 0.2) is 77.8 Å². The van der Waals surface area contributed by atoms with Gasteiger partial charge in [0.25, 0.3) is 5.92 Å². The van der Waals surface area contributed by atoms with Crippen LogP contribution in [-0.4, -0.2) is 73.3 Å². The average molecular weight is 523 g/mol. The van der Waals surface area contributed by atoms with Gasteiger partial charge in [-0.25, -0.2) is 13.8 Å². The van der Waals surface area contributed by atoms with Crippen LogP contribution in [0.1, 0.15) is 12.0 Å². The van der Waals surface area contributed by atoms with Crippen molar-refractivity contribution in [2.24, 2.45) is 4.99 Å². The molecular formula is C29H24F2N8. The van der Waals surface area contributed by atoms with Gasteiger partial charge < -0.3 is 4.98 Å². The highest BCUT2D eigenvalue weighted by Gasteiger charge is 2.38. The standard InChI is InChI=1S/C29H24F2N8/c30-29(31)5-8-39(17-29)16-18-9-19(4-7-32-12-18)20-10-22-27(37-38-28(22)35-13-20)25-11-21-23(14-33-15-26(21)36-25)24-3-1-2-6-34-24/h1-4,6,9-15,36H,5,7-8,16-17H2,(H,35,37,38). The van der Waals surface area contributed by atoms with Gasteiger partial charge in [-0.05, 0) is 41.5 Å². The fourth-order valence-corrected chi connectivity index (χ4v) is 5.28. The summed E-state index contributed by atoms with van der Waals surface area (Å²) in [6.07, 6.45) is 12.9. The van der Waals surface area contributed by atoms with Crippen LogP contribution in [0.2, 0.25) is 0 Å². The largest absolute Gasteiger partial charge is 0.352 e. The van der Waals surface area contributed by atoms with Gasteiger partial charge in [0, 0.05) is 66.2 Å². The van der Waals surface area contributed by atoms with E-state index in [0.29, 0.717) is 25.3 Å². The van der Waals surface area contributed by atoms with E-state index in [-0.39, 0.29) is 13.0 Å². The maximum atomic E-state index is 13.7. The molecule has 0 amide bonds. The van der Waals surface area contributed by atoms with Crippen molar-refractivity contribution < 1.29 is 8.78 Å². The molecule has 7 rings (SSSR count).